The third-order valence-electron chi connectivity index (χ3n) is 2.64. The number of carbonyl (C=O) groups is 1. The summed E-state index contributed by atoms with van der Waals surface area (Å²) in [6.45, 7) is 7.83. The van der Waals surface area contributed by atoms with E-state index in [1.807, 2.05) is 37.3 Å². The van der Waals surface area contributed by atoms with Crippen molar-refractivity contribution in [1.29, 1.82) is 0 Å². The maximum atomic E-state index is 12.1. The summed E-state index contributed by atoms with van der Waals surface area (Å²) in [5.74, 6) is 0. The van der Waals surface area contributed by atoms with Crippen molar-refractivity contribution in [3.05, 3.63) is 43.0 Å². The van der Waals surface area contributed by atoms with E-state index in [1.165, 1.54) is 11.8 Å². The maximum absolute atomic E-state index is 12.1. The zero-order valence-corrected chi connectivity index (χ0v) is 10.7. The molecule has 1 nitrogen and oxygen atoms in total. The average molecular weight is 234 g/mol. The van der Waals surface area contributed by atoms with Gasteiger partial charge in [0.05, 0.1) is 5.41 Å². The maximum Gasteiger partial charge on any atom is 0.203 e. The van der Waals surface area contributed by atoms with Crippen LogP contribution in [-0.2, 0) is 4.79 Å². The van der Waals surface area contributed by atoms with E-state index >= 15 is 0 Å². The third kappa shape index (κ3) is 3.24. The van der Waals surface area contributed by atoms with Crippen molar-refractivity contribution < 1.29 is 4.79 Å². The Morgan fingerprint density at radius 3 is 2.56 bits per heavy atom. The minimum absolute atomic E-state index is 0.176. The quantitative estimate of drug-likeness (QED) is 0.558. The highest BCUT2D eigenvalue weighted by Crippen LogP contribution is 2.34. The second-order valence-electron chi connectivity index (χ2n) is 4.07. The van der Waals surface area contributed by atoms with E-state index in [-0.39, 0.29) is 5.12 Å². The van der Waals surface area contributed by atoms with E-state index in [9.17, 15) is 4.79 Å². The molecule has 0 fully saturated rings. The van der Waals surface area contributed by atoms with Crippen molar-refractivity contribution in [2.75, 3.05) is 0 Å². The van der Waals surface area contributed by atoms with Gasteiger partial charge >= 0.3 is 0 Å². The lowest BCUT2D eigenvalue weighted by Gasteiger charge is -2.22. The van der Waals surface area contributed by atoms with Crippen LogP contribution in [0.2, 0.25) is 0 Å². The first-order valence-electron chi connectivity index (χ1n) is 5.53. The summed E-state index contributed by atoms with van der Waals surface area (Å²) in [6.07, 6.45) is 3.62. The van der Waals surface area contributed by atoms with Crippen LogP contribution in [-0.4, -0.2) is 5.12 Å². The van der Waals surface area contributed by atoms with Gasteiger partial charge in [-0.2, -0.15) is 0 Å². The summed E-state index contributed by atoms with van der Waals surface area (Å²) in [5, 5.41) is 0.176. The number of hydrogen-bond donors (Lipinski definition) is 0. The number of hydrogen-bond acceptors (Lipinski definition) is 2. The molecule has 0 bridgehead atoms. The van der Waals surface area contributed by atoms with Crippen molar-refractivity contribution >= 4 is 16.9 Å². The number of rotatable bonds is 5. The summed E-state index contributed by atoms with van der Waals surface area (Å²) >= 11 is 1.30. The molecule has 0 aliphatic carbocycles. The van der Waals surface area contributed by atoms with Crippen molar-refractivity contribution in [2.45, 2.75) is 31.6 Å². The molecule has 1 unspecified atom stereocenters. The molecular weight excluding hydrogens is 216 g/mol. The van der Waals surface area contributed by atoms with E-state index < -0.39 is 5.41 Å². The van der Waals surface area contributed by atoms with Crippen molar-refractivity contribution in [3.8, 4) is 0 Å². The van der Waals surface area contributed by atoms with Crippen LogP contribution in [0.3, 0.4) is 0 Å². The Morgan fingerprint density at radius 2 is 2.06 bits per heavy atom. The SMILES string of the molecule is C=CC(C)(CCC)C(=O)Sc1ccccc1. The zero-order chi connectivity index (χ0) is 12.0. The average Bonchev–Trinajstić information content (AvgIpc) is 2.30. The van der Waals surface area contributed by atoms with Gasteiger partial charge < -0.3 is 0 Å². The second-order valence-corrected chi connectivity index (χ2v) is 5.12. The monoisotopic (exact) mass is 234 g/mol. The summed E-state index contributed by atoms with van der Waals surface area (Å²) < 4.78 is 0. The smallest absolute Gasteiger partial charge is 0.203 e. The second kappa shape index (κ2) is 5.90. The van der Waals surface area contributed by atoms with Gasteiger partial charge in [0.15, 0.2) is 0 Å². The normalized spacial score (nSPS) is 14.1. The van der Waals surface area contributed by atoms with Crippen LogP contribution in [0.4, 0.5) is 0 Å². The zero-order valence-electron chi connectivity index (χ0n) is 9.90. The predicted octanol–water partition coefficient (Wildman–Crippen LogP) is 4.30. The van der Waals surface area contributed by atoms with E-state index in [1.54, 1.807) is 6.08 Å². The Hall–Kier alpha value is -1.02. The van der Waals surface area contributed by atoms with Crippen LogP contribution >= 0.6 is 11.8 Å². The minimum Gasteiger partial charge on any atom is -0.286 e. The van der Waals surface area contributed by atoms with Crippen molar-refractivity contribution in [3.63, 3.8) is 0 Å². The highest BCUT2D eigenvalue weighted by molar-refractivity contribution is 8.13. The number of carbonyl (C=O) groups excluding carboxylic acids is 1. The Labute approximate surface area is 102 Å². The molecule has 2 heteroatoms. The molecule has 1 rings (SSSR count). The lowest BCUT2D eigenvalue weighted by Crippen LogP contribution is -2.22. The molecule has 1 atom stereocenters. The fourth-order valence-electron chi connectivity index (χ4n) is 1.52. The largest absolute Gasteiger partial charge is 0.286 e. The topological polar surface area (TPSA) is 17.1 Å². The summed E-state index contributed by atoms with van der Waals surface area (Å²) in [4.78, 5) is 13.1. The molecule has 0 aromatic heterocycles. The molecule has 0 radical (unpaired) electrons. The lowest BCUT2D eigenvalue weighted by atomic mass is 9.87. The molecule has 1 aromatic carbocycles. The summed E-state index contributed by atoms with van der Waals surface area (Å²) in [5.41, 5.74) is -0.407. The number of allylic oxidation sites excluding steroid dienone is 1. The molecule has 0 N–H and O–H groups in total. The molecule has 0 saturated carbocycles. The van der Waals surface area contributed by atoms with Gasteiger partial charge in [-0.25, -0.2) is 0 Å². The van der Waals surface area contributed by atoms with Gasteiger partial charge in [-0.15, -0.1) is 6.58 Å². The van der Waals surface area contributed by atoms with Gasteiger partial charge in [0.2, 0.25) is 5.12 Å². The first-order chi connectivity index (χ1) is 7.62. The van der Waals surface area contributed by atoms with Gasteiger partial charge in [-0.1, -0.05) is 49.4 Å². The van der Waals surface area contributed by atoms with Crippen LogP contribution in [0, 0.1) is 5.41 Å². The molecule has 0 saturated heterocycles. The Kier molecular flexibility index (Phi) is 4.81. The van der Waals surface area contributed by atoms with Crippen LogP contribution in [0.5, 0.6) is 0 Å². The molecule has 1 aromatic rings. The van der Waals surface area contributed by atoms with Crippen LogP contribution in [0.1, 0.15) is 26.7 Å². The van der Waals surface area contributed by atoms with E-state index in [0.717, 1.165) is 17.7 Å². The van der Waals surface area contributed by atoms with Crippen LogP contribution in [0.25, 0.3) is 0 Å². The fraction of sp³-hybridized carbons (Fsp3) is 0.357. The first-order valence-corrected chi connectivity index (χ1v) is 6.35. The minimum atomic E-state index is -0.407. The highest BCUT2D eigenvalue weighted by atomic mass is 32.2. The lowest BCUT2D eigenvalue weighted by molar-refractivity contribution is -0.117. The molecule has 0 aliphatic rings. The predicted molar refractivity (Wildman–Crippen MR) is 70.5 cm³/mol. The van der Waals surface area contributed by atoms with Crippen molar-refractivity contribution in [2.24, 2.45) is 5.41 Å². The van der Waals surface area contributed by atoms with Gasteiger partial charge in [0.25, 0.3) is 0 Å². The molecule has 0 heterocycles. The Morgan fingerprint density at radius 1 is 1.44 bits per heavy atom. The van der Waals surface area contributed by atoms with Crippen molar-refractivity contribution in [1.82, 2.24) is 0 Å². The molecule has 86 valence electrons. The highest BCUT2D eigenvalue weighted by Gasteiger charge is 2.29. The molecule has 0 spiro atoms. The molecular formula is C14H18OS. The fourth-order valence-corrected chi connectivity index (χ4v) is 2.44. The number of thioether (sulfide) groups is 1. The van der Waals surface area contributed by atoms with Gasteiger partial charge in [-0.05, 0) is 25.5 Å². The van der Waals surface area contributed by atoms with Crippen LogP contribution < -0.4 is 0 Å². The van der Waals surface area contributed by atoms with Gasteiger partial charge in [-0.3, -0.25) is 4.79 Å². The Bertz CT molecular complexity index is 358. The Balaban J connectivity index is 2.74. The molecule has 0 aliphatic heterocycles. The van der Waals surface area contributed by atoms with E-state index in [2.05, 4.69) is 13.5 Å². The number of benzene rings is 1. The third-order valence-corrected chi connectivity index (χ3v) is 3.80. The standard InChI is InChI=1S/C14H18OS/c1-4-11-14(3,5-2)13(15)16-12-9-7-6-8-10-12/h5-10H,2,4,11H2,1,3H3. The van der Waals surface area contributed by atoms with Gasteiger partial charge in [0, 0.05) is 4.90 Å². The van der Waals surface area contributed by atoms with E-state index in [4.69, 9.17) is 0 Å². The van der Waals surface area contributed by atoms with Crippen LogP contribution in [0.15, 0.2) is 47.9 Å². The van der Waals surface area contributed by atoms with Gasteiger partial charge in [0.1, 0.15) is 0 Å². The first kappa shape index (κ1) is 13.0. The summed E-state index contributed by atoms with van der Waals surface area (Å²) in [7, 11) is 0. The molecule has 0 amide bonds. The van der Waals surface area contributed by atoms with E-state index in [0.29, 0.717) is 0 Å². The summed E-state index contributed by atoms with van der Waals surface area (Å²) in [6, 6.07) is 9.75. The molecule has 16 heavy (non-hydrogen) atoms.